The monoisotopic (exact) mass is 341 g/mol. The Morgan fingerprint density at radius 1 is 1.04 bits per heavy atom. The van der Waals surface area contributed by atoms with Gasteiger partial charge in [0.05, 0.1) is 20.1 Å². The van der Waals surface area contributed by atoms with Gasteiger partial charge in [-0.3, -0.25) is 9.69 Å². The summed E-state index contributed by atoms with van der Waals surface area (Å²) in [5.74, 6) is -0.0935. The molecule has 1 saturated heterocycles. The Hall–Kier alpha value is -2.53. The van der Waals surface area contributed by atoms with Crippen LogP contribution in [0, 0.1) is 5.92 Å². The van der Waals surface area contributed by atoms with Crippen molar-refractivity contribution in [3.63, 3.8) is 0 Å². The van der Waals surface area contributed by atoms with Gasteiger partial charge in [-0.25, -0.2) is 0 Å². The van der Waals surface area contributed by atoms with Crippen molar-refractivity contribution in [1.29, 1.82) is 0 Å². The van der Waals surface area contributed by atoms with Crippen molar-refractivity contribution in [2.24, 2.45) is 5.92 Å². The van der Waals surface area contributed by atoms with Crippen molar-refractivity contribution >= 4 is 5.97 Å². The molecule has 5 nitrogen and oxygen atoms in total. The van der Waals surface area contributed by atoms with Crippen LogP contribution in [-0.4, -0.2) is 43.3 Å². The Morgan fingerprint density at radius 3 is 2.24 bits per heavy atom. The van der Waals surface area contributed by atoms with Crippen molar-refractivity contribution in [2.45, 2.75) is 12.5 Å². The quantitative estimate of drug-likeness (QED) is 0.875. The lowest BCUT2D eigenvalue weighted by molar-refractivity contribution is -0.141. The molecule has 5 heteroatoms. The molecule has 1 aliphatic heterocycles. The van der Waals surface area contributed by atoms with Crippen LogP contribution in [0.15, 0.2) is 48.5 Å². The topological polar surface area (TPSA) is 59.0 Å². The Labute approximate surface area is 147 Å². The van der Waals surface area contributed by atoms with Gasteiger partial charge in [0.1, 0.15) is 11.5 Å². The van der Waals surface area contributed by atoms with Gasteiger partial charge in [0.25, 0.3) is 0 Å². The number of hydrogen-bond acceptors (Lipinski definition) is 4. The standard InChI is InChI=1S/C20H23NO4/c1-24-17-9-6-10-18(25-2)19(17)15-12-21(13-16(15)20(22)23)11-14-7-4-3-5-8-14/h3-10,15-16H,11-13H2,1-2H3,(H,22,23)/t15-,16-/m1/s1. The molecule has 132 valence electrons. The number of hydrogen-bond donors (Lipinski definition) is 1. The Morgan fingerprint density at radius 2 is 1.68 bits per heavy atom. The fourth-order valence-corrected chi connectivity index (χ4v) is 3.64. The molecule has 0 amide bonds. The normalized spacial score (nSPS) is 20.4. The number of benzene rings is 2. The summed E-state index contributed by atoms with van der Waals surface area (Å²) in [6.45, 7) is 1.90. The van der Waals surface area contributed by atoms with Crippen LogP contribution in [-0.2, 0) is 11.3 Å². The van der Waals surface area contributed by atoms with Crippen LogP contribution in [0.4, 0.5) is 0 Å². The summed E-state index contributed by atoms with van der Waals surface area (Å²) in [5, 5.41) is 9.75. The number of methoxy groups -OCH3 is 2. The van der Waals surface area contributed by atoms with Crippen LogP contribution < -0.4 is 9.47 Å². The summed E-state index contributed by atoms with van der Waals surface area (Å²) < 4.78 is 11.0. The molecule has 2 aromatic carbocycles. The minimum Gasteiger partial charge on any atom is -0.496 e. The number of carboxylic acids is 1. The molecule has 0 aliphatic carbocycles. The Balaban J connectivity index is 1.91. The molecule has 0 aromatic heterocycles. The molecule has 2 atom stereocenters. The molecule has 0 bridgehead atoms. The van der Waals surface area contributed by atoms with Gasteiger partial charge in [-0.1, -0.05) is 36.4 Å². The second-order valence-corrected chi connectivity index (χ2v) is 6.31. The minimum atomic E-state index is -0.784. The van der Waals surface area contributed by atoms with Crippen LogP contribution in [0.5, 0.6) is 11.5 Å². The summed E-state index contributed by atoms with van der Waals surface area (Å²) in [5.41, 5.74) is 2.02. The van der Waals surface area contributed by atoms with E-state index in [-0.39, 0.29) is 5.92 Å². The maximum atomic E-state index is 11.9. The zero-order valence-corrected chi connectivity index (χ0v) is 14.5. The van der Waals surface area contributed by atoms with Crippen molar-refractivity contribution in [3.8, 4) is 11.5 Å². The van der Waals surface area contributed by atoms with Gasteiger partial charge in [-0.2, -0.15) is 0 Å². The second kappa shape index (κ2) is 7.57. The first-order valence-electron chi connectivity index (χ1n) is 8.34. The van der Waals surface area contributed by atoms with Crippen molar-refractivity contribution in [3.05, 3.63) is 59.7 Å². The first-order chi connectivity index (χ1) is 12.1. The molecule has 25 heavy (non-hydrogen) atoms. The molecular formula is C20H23NO4. The highest BCUT2D eigenvalue weighted by Gasteiger charge is 2.41. The van der Waals surface area contributed by atoms with Gasteiger partial charge in [-0.05, 0) is 17.7 Å². The van der Waals surface area contributed by atoms with Crippen LogP contribution in [0.1, 0.15) is 17.0 Å². The van der Waals surface area contributed by atoms with E-state index in [1.165, 1.54) is 5.56 Å². The van der Waals surface area contributed by atoms with Gasteiger partial charge >= 0.3 is 5.97 Å². The number of ether oxygens (including phenoxy) is 2. The van der Waals surface area contributed by atoms with Crippen LogP contribution in [0.3, 0.4) is 0 Å². The number of carboxylic acid groups (broad SMARTS) is 1. The molecule has 1 aliphatic rings. The molecule has 1 N–H and O–H groups in total. The highest BCUT2D eigenvalue weighted by molar-refractivity contribution is 5.73. The van der Waals surface area contributed by atoms with Gasteiger partial charge in [-0.15, -0.1) is 0 Å². The molecule has 3 rings (SSSR count). The van der Waals surface area contributed by atoms with E-state index in [9.17, 15) is 9.90 Å². The van der Waals surface area contributed by atoms with E-state index in [1.54, 1.807) is 14.2 Å². The zero-order valence-electron chi connectivity index (χ0n) is 14.5. The van der Waals surface area contributed by atoms with Crippen molar-refractivity contribution < 1.29 is 19.4 Å². The molecule has 0 unspecified atom stereocenters. The van der Waals surface area contributed by atoms with E-state index in [0.29, 0.717) is 24.6 Å². The lowest BCUT2D eigenvalue weighted by Crippen LogP contribution is -2.23. The third-order valence-electron chi connectivity index (χ3n) is 4.80. The molecule has 1 fully saturated rings. The maximum Gasteiger partial charge on any atom is 0.308 e. The fourth-order valence-electron chi connectivity index (χ4n) is 3.64. The van der Waals surface area contributed by atoms with Gasteiger partial charge < -0.3 is 14.6 Å². The molecule has 0 radical (unpaired) electrons. The number of likely N-dealkylation sites (tertiary alicyclic amines) is 1. The van der Waals surface area contributed by atoms with E-state index in [1.807, 2.05) is 36.4 Å². The summed E-state index contributed by atoms with van der Waals surface area (Å²) in [4.78, 5) is 14.1. The molecule has 1 heterocycles. The molecular weight excluding hydrogens is 318 g/mol. The number of carbonyl (C=O) groups is 1. The second-order valence-electron chi connectivity index (χ2n) is 6.31. The summed E-state index contributed by atoms with van der Waals surface area (Å²) in [6, 6.07) is 15.7. The number of rotatable bonds is 6. The summed E-state index contributed by atoms with van der Waals surface area (Å²) in [6.07, 6.45) is 0. The van der Waals surface area contributed by atoms with Gasteiger partial charge in [0, 0.05) is 31.1 Å². The van der Waals surface area contributed by atoms with Crippen molar-refractivity contribution in [1.82, 2.24) is 4.90 Å². The van der Waals surface area contributed by atoms with Crippen LogP contribution in [0.25, 0.3) is 0 Å². The predicted molar refractivity (Wildman–Crippen MR) is 95.1 cm³/mol. The number of nitrogens with zero attached hydrogens (tertiary/aromatic N) is 1. The highest BCUT2D eigenvalue weighted by atomic mass is 16.5. The average molecular weight is 341 g/mol. The SMILES string of the molecule is COc1cccc(OC)c1[C@@H]1CN(Cc2ccccc2)C[C@H]1C(=O)O. The van der Waals surface area contributed by atoms with Crippen LogP contribution >= 0.6 is 0 Å². The lowest BCUT2D eigenvalue weighted by atomic mass is 9.87. The summed E-state index contributed by atoms with van der Waals surface area (Å²) in [7, 11) is 3.20. The average Bonchev–Trinajstić information content (AvgIpc) is 3.05. The maximum absolute atomic E-state index is 11.9. The smallest absolute Gasteiger partial charge is 0.308 e. The van der Waals surface area contributed by atoms with E-state index >= 15 is 0 Å². The molecule has 0 spiro atoms. The lowest BCUT2D eigenvalue weighted by Gasteiger charge is -2.21. The predicted octanol–water partition coefficient (Wildman–Crippen LogP) is 3.00. The Kier molecular flexibility index (Phi) is 5.24. The van der Waals surface area contributed by atoms with E-state index in [2.05, 4.69) is 17.0 Å². The summed E-state index contributed by atoms with van der Waals surface area (Å²) >= 11 is 0. The van der Waals surface area contributed by atoms with E-state index in [4.69, 9.17) is 9.47 Å². The first kappa shape index (κ1) is 17.3. The van der Waals surface area contributed by atoms with E-state index in [0.717, 1.165) is 12.1 Å². The third-order valence-corrected chi connectivity index (χ3v) is 4.80. The minimum absolute atomic E-state index is 0.174. The first-order valence-corrected chi connectivity index (χ1v) is 8.34. The van der Waals surface area contributed by atoms with Gasteiger partial charge in [0.2, 0.25) is 0 Å². The van der Waals surface area contributed by atoms with Crippen LogP contribution in [0.2, 0.25) is 0 Å². The highest BCUT2D eigenvalue weighted by Crippen LogP contribution is 2.43. The zero-order chi connectivity index (χ0) is 17.8. The molecule has 2 aromatic rings. The Bertz CT molecular complexity index is 709. The van der Waals surface area contributed by atoms with Gasteiger partial charge in [0.15, 0.2) is 0 Å². The van der Waals surface area contributed by atoms with Crippen molar-refractivity contribution in [2.75, 3.05) is 27.3 Å². The number of aliphatic carboxylic acids is 1. The third kappa shape index (κ3) is 3.61. The largest absolute Gasteiger partial charge is 0.496 e. The fraction of sp³-hybridized carbons (Fsp3) is 0.350. The van der Waals surface area contributed by atoms with E-state index < -0.39 is 11.9 Å². The molecule has 0 saturated carbocycles.